The van der Waals surface area contributed by atoms with Crippen molar-refractivity contribution >= 4 is 28.3 Å². The number of ketones is 1. The number of hydrogen-bond donors (Lipinski definition) is 2. The molecule has 2 aromatic carbocycles. The van der Waals surface area contributed by atoms with E-state index in [2.05, 4.69) is 10.2 Å². The molecule has 5 rings (SSSR count). The number of aliphatic hydroxyl groups is 1. The van der Waals surface area contributed by atoms with Crippen molar-refractivity contribution in [2.24, 2.45) is 0 Å². The van der Waals surface area contributed by atoms with Gasteiger partial charge in [0.2, 0.25) is 5.78 Å². The number of hydrogen-bond acceptors (Lipinski definition) is 5. The maximum atomic E-state index is 13.3. The zero-order valence-electron chi connectivity index (χ0n) is 15.8. The lowest BCUT2D eigenvalue weighted by molar-refractivity contribution is 0.0587. The Bertz CT molecular complexity index is 1230. The van der Waals surface area contributed by atoms with Crippen molar-refractivity contribution in [3.63, 3.8) is 0 Å². The van der Waals surface area contributed by atoms with Crippen LogP contribution in [0.1, 0.15) is 10.4 Å². The molecule has 1 aliphatic heterocycles. The maximum Gasteiger partial charge on any atom is 0.209 e. The van der Waals surface area contributed by atoms with Crippen LogP contribution in [0.2, 0.25) is 5.02 Å². The molecule has 4 aromatic rings. The van der Waals surface area contributed by atoms with Crippen LogP contribution in [0, 0.1) is 0 Å². The van der Waals surface area contributed by atoms with Gasteiger partial charge in [-0.3, -0.25) is 9.89 Å². The quantitative estimate of drug-likeness (QED) is 0.478. The number of Topliss-reactive ketones (excluding diaryl/α,β-unsaturated/α-hetero) is 1. The van der Waals surface area contributed by atoms with Crippen LogP contribution < -0.4 is 9.47 Å². The Morgan fingerprint density at radius 2 is 2.13 bits per heavy atom. The summed E-state index contributed by atoms with van der Waals surface area (Å²) in [6.07, 6.45) is 4.53. The minimum Gasteiger partial charge on any atom is -0.485 e. The van der Waals surface area contributed by atoms with Gasteiger partial charge in [0.1, 0.15) is 6.61 Å². The van der Waals surface area contributed by atoms with Crippen molar-refractivity contribution in [1.82, 2.24) is 14.8 Å². The summed E-state index contributed by atoms with van der Waals surface area (Å²) in [5.74, 6) is 0.836. The lowest BCUT2D eigenvalue weighted by Crippen LogP contribution is -2.36. The molecule has 1 unspecified atom stereocenters. The number of aromatic amines is 1. The van der Waals surface area contributed by atoms with Crippen molar-refractivity contribution in [3.8, 4) is 22.6 Å². The molecule has 0 spiro atoms. The fourth-order valence-electron chi connectivity index (χ4n) is 3.72. The number of fused-ring (bicyclic) bond motifs is 2. The van der Waals surface area contributed by atoms with Gasteiger partial charge in [-0.1, -0.05) is 23.7 Å². The number of nitrogens with zero attached hydrogens (tertiary/aromatic N) is 2. The molecule has 0 radical (unpaired) electrons. The largest absolute Gasteiger partial charge is 0.485 e. The first kappa shape index (κ1) is 18.7. The Morgan fingerprint density at radius 3 is 2.93 bits per heavy atom. The summed E-state index contributed by atoms with van der Waals surface area (Å²) in [7, 11) is 0. The molecule has 0 saturated heterocycles. The van der Waals surface area contributed by atoms with Crippen LogP contribution >= 0.6 is 11.6 Å². The van der Waals surface area contributed by atoms with Gasteiger partial charge in [0.15, 0.2) is 17.6 Å². The van der Waals surface area contributed by atoms with Crippen LogP contribution in [0.15, 0.2) is 55.0 Å². The fraction of sp³-hybridized carbons (Fsp3) is 0.182. The van der Waals surface area contributed by atoms with E-state index >= 15 is 0 Å². The highest BCUT2D eigenvalue weighted by molar-refractivity contribution is 6.30. The molecule has 30 heavy (non-hydrogen) atoms. The second-order valence-electron chi connectivity index (χ2n) is 7.05. The summed E-state index contributed by atoms with van der Waals surface area (Å²) >= 11 is 6.04. The van der Waals surface area contributed by atoms with Gasteiger partial charge >= 0.3 is 0 Å². The van der Waals surface area contributed by atoms with E-state index in [1.807, 2.05) is 29.0 Å². The lowest BCUT2D eigenvalue weighted by atomic mass is 10.0. The molecule has 1 atom stereocenters. The van der Waals surface area contributed by atoms with Gasteiger partial charge in [-0.05, 0) is 23.8 Å². The first-order chi connectivity index (χ1) is 14.6. The van der Waals surface area contributed by atoms with Crippen LogP contribution in [0.4, 0.5) is 0 Å². The predicted octanol–water partition coefficient (Wildman–Crippen LogP) is 3.70. The summed E-state index contributed by atoms with van der Waals surface area (Å²) in [5, 5.41) is 17.6. The zero-order valence-corrected chi connectivity index (χ0v) is 16.6. The van der Waals surface area contributed by atoms with E-state index in [0.717, 1.165) is 22.0 Å². The van der Waals surface area contributed by atoms with Crippen LogP contribution in [-0.2, 0) is 6.54 Å². The van der Waals surface area contributed by atoms with Gasteiger partial charge in [-0.15, -0.1) is 0 Å². The standard InChI is InChI=1S/C22H18ClN3O4/c23-15-2-4-19-20(8-15)30-21(12-29-19)22(28)17-11-26(5-6-27)18-7-13(1-3-16(17)18)14-9-24-25-10-14/h1-4,7-11,21,27H,5-6,12H2,(H,24,25). The van der Waals surface area contributed by atoms with Gasteiger partial charge in [-0.25, -0.2) is 0 Å². The number of aromatic nitrogens is 3. The van der Waals surface area contributed by atoms with Crippen molar-refractivity contribution < 1.29 is 19.4 Å². The van der Waals surface area contributed by atoms with E-state index in [4.69, 9.17) is 21.1 Å². The molecule has 2 aromatic heterocycles. The number of H-pyrrole nitrogens is 1. The van der Waals surface area contributed by atoms with Crippen molar-refractivity contribution in [3.05, 3.63) is 65.6 Å². The monoisotopic (exact) mass is 423 g/mol. The molecular formula is C22H18ClN3O4. The van der Waals surface area contributed by atoms with Crippen LogP contribution in [0.25, 0.3) is 22.0 Å². The third-order valence-electron chi connectivity index (χ3n) is 5.18. The molecule has 0 aliphatic carbocycles. The summed E-state index contributed by atoms with van der Waals surface area (Å²) in [5.41, 5.74) is 3.29. The number of benzene rings is 2. The van der Waals surface area contributed by atoms with Gasteiger partial charge < -0.3 is 19.1 Å². The van der Waals surface area contributed by atoms with Crippen LogP contribution in [0.5, 0.6) is 11.5 Å². The average molecular weight is 424 g/mol. The van der Waals surface area contributed by atoms with E-state index in [9.17, 15) is 9.90 Å². The summed E-state index contributed by atoms with van der Waals surface area (Å²) in [6.45, 7) is 0.453. The van der Waals surface area contributed by atoms with Gasteiger partial charge in [0.05, 0.1) is 12.8 Å². The second-order valence-corrected chi connectivity index (χ2v) is 7.49. The predicted molar refractivity (Wildman–Crippen MR) is 112 cm³/mol. The average Bonchev–Trinajstić information content (AvgIpc) is 3.41. The summed E-state index contributed by atoms with van der Waals surface area (Å²) < 4.78 is 13.5. The van der Waals surface area contributed by atoms with Gasteiger partial charge in [0.25, 0.3) is 0 Å². The SMILES string of the molecule is O=C(c1cn(CCO)c2cc(-c3cn[nH]c3)ccc12)C1COc2ccc(Cl)cc2O1. The normalized spacial score (nSPS) is 15.5. The molecule has 0 saturated carbocycles. The number of carbonyl (C=O) groups is 1. The van der Waals surface area contributed by atoms with Gasteiger partial charge in [0, 0.05) is 52.1 Å². The third-order valence-corrected chi connectivity index (χ3v) is 5.41. The number of ether oxygens (including phenoxy) is 2. The third kappa shape index (κ3) is 3.22. The first-order valence-electron chi connectivity index (χ1n) is 9.50. The number of carbonyl (C=O) groups excluding carboxylic acids is 1. The molecule has 2 N–H and O–H groups in total. The van der Waals surface area contributed by atoms with Crippen molar-refractivity contribution in [1.29, 1.82) is 0 Å². The van der Waals surface area contributed by atoms with Gasteiger partial charge in [-0.2, -0.15) is 5.10 Å². The van der Waals surface area contributed by atoms with Crippen molar-refractivity contribution in [2.75, 3.05) is 13.2 Å². The molecule has 7 nitrogen and oxygen atoms in total. The molecule has 8 heteroatoms. The number of nitrogens with one attached hydrogen (secondary N) is 1. The minimum absolute atomic E-state index is 0.0394. The van der Waals surface area contributed by atoms with Crippen LogP contribution in [-0.4, -0.2) is 45.0 Å². The number of halogens is 1. The fourth-order valence-corrected chi connectivity index (χ4v) is 3.88. The molecular weight excluding hydrogens is 406 g/mol. The highest BCUT2D eigenvalue weighted by Crippen LogP contribution is 2.35. The highest BCUT2D eigenvalue weighted by Gasteiger charge is 2.30. The second kappa shape index (κ2) is 7.51. The smallest absolute Gasteiger partial charge is 0.209 e. The van der Waals surface area contributed by atoms with E-state index in [1.165, 1.54) is 0 Å². The Labute approximate surface area is 176 Å². The molecule has 152 valence electrons. The van der Waals surface area contributed by atoms with E-state index in [0.29, 0.717) is 28.6 Å². The Morgan fingerprint density at radius 1 is 1.23 bits per heavy atom. The Balaban J connectivity index is 1.53. The maximum absolute atomic E-state index is 13.3. The summed E-state index contributed by atoms with van der Waals surface area (Å²) in [4.78, 5) is 13.3. The Kier molecular flexibility index (Phi) is 4.69. The van der Waals surface area contributed by atoms with E-state index < -0.39 is 6.10 Å². The van der Waals surface area contributed by atoms with Crippen LogP contribution in [0.3, 0.4) is 0 Å². The first-order valence-corrected chi connectivity index (χ1v) is 9.88. The molecule has 0 bridgehead atoms. The molecule has 0 amide bonds. The molecule has 0 fully saturated rings. The summed E-state index contributed by atoms with van der Waals surface area (Å²) in [6, 6.07) is 10.9. The topological polar surface area (TPSA) is 89.4 Å². The number of rotatable bonds is 5. The van der Waals surface area contributed by atoms with Crippen molar-refractivity contribution in [2.45, 2.75) is 12.6 Å². The van der Waals surface area contributed by atoms with E-state index in [-0.39, 0.29) is 19.0 Å². The Hall–Kier alpha value is -3.29. The lowest BCUT2D eigenvalue weighted by Gasteiger charge is -2.25. The number of aliphatic hydroxyl groups excluding tert-OH is 1. The molecule has 3 heterocycles. The highest BCUT2D eigenvalue weighted by atomic mass is 35.5. The van der Waals surface area contributed by atoms with E-state index in [1.54, 1.807) is 30.6 Å². The zero-order chi connectivity index (χ0) is 20.7. The molecule has 1 aliphatic rings. The minimum atomic E-state index is -0.780.